The van der Waals surface area contributed by atoms with E-state index in [0.29, 0.717) is 0 Å². The lowest BCUT2D eigenvalue weighted by molar-refractivity contribution is 0.232. The molecule has 2 aromatic carbocycles. The summed E-state index contributed by atoms with van der Waals surface area (Å²) in [5.74, 6) is 1.03. The van der Waals surface area contributed by atoms with E-state index >= 15 is 0 Å². The molecule has 1 heterocycles. The van der Waals surface area contributed by atoms with Crippen LogP contribution in [0.2, 0.25) is 0 Å². The van der Waals surface area contributed by atoms with Crippen LogP contribution in [0.25, 0.3) is 0 Å². The molecule has 1 aliphatic heterocycles. The molecule has 0 N–H and O–H groups in total. The Morgan fingerprint density at radius 2 is 1.90 bits per heavy atom. The number of fused-ring (bicyclic) bond motifs is 1. The minimum atomic E-state index is 0.185. The average Bonchev–Trinajstić information content (AvgIpc) is 2.91. The van der Waals surface area contributed by atoms with Gasteiger partial charge in [0.1, 0.15) is 11.9 Å². The zero-order valence-corrected chi connectivity index (χ0v) is 13.3. The number of aryl methyl sites for hydroxylation is 1. The van der Waals surface area contributed by atoms with Gasteiger partial charge in [0.2, 0.25) is 0 Å². The number of benzene rings is 2. The van der Waals surface area contributed by atoms with Crippen LogP contribution < -0.4 is 4.74 Å². The van der Waals surface area contributed by atoms with Crippen molar-refractivity contribution < 1.29 is 4.74 Å². The minimum Gasteiger partial charge on any atom is -0.488 e. The van der Waals surface area contributed by atoms with Gasteiger partial charge in [0.15, 0.2) is 0 Å². The zero-order valence-electron chi connectivity index (χ0n) is 11.7. The van der Waals surface area contributed by atoms with Crippen LogP contribution in [0.15, 0.2) is 48.5 Å². The van der Waals surface area contributed by atoms with E-state index in [1.54, 1.807) is 0 Å². The van der Waals surface area contributed by atoms with Gasteiger partial charge in [0.05, 0.1) is 4.83 Å². The van der Waals surface area contributed by atoms with Crippen molar-refractivity contribution in [3.63, 3.8) is 0 Å². The number of halogens is 1. The van der Waals surface area contributed by atoms with Gasteiger partial charge in [-0.25, -0.2) is 0 Å². The minimum absolute atomic E-state index is 0.185. The van der Waals surface area contributed by atoms with Gasteiger partial charge >= 0.3 is 0 Å². The lowest BCUT2D eigenvalue weighted by Crippen LogP contribution is -2.19. The van der Waals surface area contributed by atoms with Crippen molar-refractivity contribution in [3.8, 4) is 5.75 Å². The van der Waals surface area contributed by atoms with Crippen molar-refractivity contribution in [2.45, 2.75) is 37.1 Å². The Bertz CT molecular complexity index is 551. The molecule has 0 saturated carbocycles. The Labute approximate surface area is 129 Å². The highest BCUT2D eigenvalue weighted by Gasteiger charge is 2.29. The highest BCUT2D eigenvalue weighted by molar-refractivity contribution is 9.09. The van der Waals surface area contributed by atoms with Crippen LogP contribution in [0.1, 0.15) is 34.9 Å². The van der Waals surface area contributed by atoms with Gasteiger partial charge in [-0.2, -0.15) is 0 Å². The molecule has 3 rings (SSSR count). The summed E-state index contributed by atoms with van der Waals surface area (Å²) in [4.78, 5) is 0.241. The predicted molar refractivity (Wildman–Crippen MR) is 86.7 cm³/mol. The number of alkyl halides is 1. The molecule has 2 aromatic rings. The molecule has 0 spiro atoms. The molecule has 0 saturated heterocycles. The average molecular weight is 331 g/mol. The molecule has 0 radical (unpaired) electrons. The molecule has 2 atom stereocenters. The molecule has 20 heavy (non-hydrogen) atoms. The molecule has 2 unspecified atom stereocenters. The molecule has 0 amide bonds. The van der Waals surface area contributed by atoms with Gasteiger partial charge in [-0.1, -0.05) is 71.7 Å². The maximum absolute atomic E-state index is 6.05. The quantitative estimate of drug-likeness (QED) is 0.710. The Kier molecular flexibility index (Phi) is 4.11. The van der Waals surface area contributed by atoms with Crippen molar-refractivity contribution in [2.75, 3.05) is 0 Å². The van der Waals surface area contributed by atoms with Crippen LogP contribution in [-0.4, -0.2) is 6.10 Å². The second kappa shape index (κ2) is 6.01. The van der Waals surface area contributed by atoms with Gasteiger partial charge in [-0.05, 0) is 29.2 Å². The molecule has 1 nitrogen and oxygen atoms in total. The van der Waals surface area contributed by atoms with Crippen LogP contribution in [0.4, 0.5) is 0 Å². The number of rotatable bonds is 4. The van der Waals surface area contributed by atoms with Crippen molar-refractivity contribution >= 4 is 15.9 Å². The summed E-state index contributed by atoms with van der Waals surface area (Å²) < 4.78 is 6.05. The first kappa shape index (κ1) is 13.7. The monoisotopic (exact) mass is 330 g/mol. The Morgan fingerprint density at radius 3 is 2.60 bits per heavy atom. The van der Waals surface area contributed by atoms with E-state index in [1.165, 1.54) is 23.1 Å². The maximum Gasteiger partial charge on any atom is 0.123 e. The third-order valence-electron chi connectivity index (χ3n) is 3.84. The largest absolute Gasteiger partial charge is 0.488 e. The maximum atomic E-state index is 6.05. The smallest absolute Gasteiger partial charge is 0.123 e. The van der Waals surface area contributed by atoms with Crippen LogP contribution in [-0.2, 0) is 12.8 Å². The van der Waals surface area contributed by atoms with E-state index in [9.17, 15) is 0 Å². The second-order valence-electron chi connectivity index (χ2n) is 5.36. The molecule has 104 valence electrons. The van der Waals surface area contributed by atoms with Crippen LogP contribution >= 0.6 is 15.9 Å². The van der Waals surface area contributed by atoms with Gasteiger partial charge < -0.3 is 4.74 Å². The Morgan fingerprint density at radius 1 is 1.15 bits per heavy atom. The fourth-order valence-corrected chi connectivity index (χ4v) is 3.34. The highest BCUT2D eigenvalue weighted by Crippen LogP contribution is 2.38. The molecule has 0 aliphatic carbocycles. The van der Waals surface area contributed by atoms with Gasteiger partial charge in [0.25, 0.3) is 0 Å². The summed E-state index contributed by atoms with van der Waals surface area (Å²) >= 11 is 3.81. The van der Waals surface area contributed by atoms with Crippen molar-refractivity contribution in [2.24, 2.45) is 0 Å². The molecule has 2 heteroatoms. The third kappa shape index (κ3) is 2.76. The number of hydrogen-bond acceptors (Lipinski definition) is 1. The first-order valence-corrected chi connectivity index (χ1v) is 8.17. The standard InChI is InChI=1S/C18H19BrO/c1-2-5-13-8-10-14(11-9-13)18(19)17-12-15-6-3-4-7-16(15)20-17/h3-4,6-11,17-18H,2,5,12H2,1H3. The molecule has 1 aliphatic rings. The summed E-state index contributed by atoms with van der Waals surface area (Å²) in [6.45, 7) is 2.21. The first-order valence-electron chi connectivity index (χ1n) is 7.25. The van der Waals surface area contributed by atoms with Gasteiger partial charge in [0, 0.05) is 6.42 Å². The van der Waals surface area contributed by atoms with Crippen molar-refractivity contribution in [1.82, 2.24) is 0 Å². The van der Waals surface area contributed by atoms with E-state index < -0.39 is 0 Å². The summed E-state index contributed by atoms with van der Waals surface area (Å²) in [6, 6.07) is 17.2. The molecular weight excluding hydrogens is 312 g/mol. The zero-order chi connectivity index (χ0) is 13.9. The third-order valence-corrected chi connectivity index (χ3v) is 4.95. The Balaban J connectivity index is 1.72. The molecular formula is C18H19BrO. The number of ether oxygens (including phenoxy) is 1. The lowest BCUT2D eigenvalue weighted by atomic mass is 10.0. The van der Waals surface area contributed by atoms with E-state index in [0.717, 1.165) is 18.6 Å². The lowest BCUT2D eigenvalue weighted by Gasteiger charge is -2.18. The summed E-state index contributed by atoms with van der Waals surface area (Å²) in [5.41, 5.74) is 4.01. The van der Waals surface area contributed by atoms with E-state index in [-0.39, 0.29) is 10.9 Å². The molecule has 0 fully saturated rings. The van der Waals surface area contributed by atoms with Gasteiger partial charge in [-0.3, -0.25) is 0 Å². The fraction of sp³-hybridized carbons (Fsp3) is 0.333. The van der Waals surface area contributed by atoms with E-state index in [2.05, 4.69) is 65.3 Å². The SMILES string of the molecule is CCCc1ccc(C(Br)C2Cc3ccccc3O2)cc1. The van der Waals surface area contributed by atoms with E-state index in [1.807, 2.05) is 6.07 Å². The summed E-state index contributed by atoms with van der Waals surface area (Å²) in [6.07, 6.45) is 3.50. The highest BCUT2D eigenvalue weighted by atomic mass is 79.9. The number of hydrogen-bond donors (Lipinski definition) is 0. The predicted octanol–water partition coefficient (Wildman–Crippen LogP) is 5.08. The van der Waals surface area contributed by atoms with Crippen LogP contribution in [0.5, 0.6) is 5.75 Å². The molecule has 0 bridgehead atoms. The summed E-state index contributed by atoms with van der Waals surface area (Å²) in [7, 11) is 0. The van der Waals surface area contributed by atoms with Crippen molar-refractivity contribution in [3.05, 3.63) is 65.2 Å². The molecule has 0 aromatic heterocycles. The Hall–Kier alpha value is -1.28. The first-order chi connectivity index (χ1) is 9.78. The van der Waals surface area contributed by atoms with Gasteiger partial charge in [-0.15, -0.1) is 0 Å². The summed E-state index contributed by atoms with van der Waals surface area (Å²) in [5, 5.41) is 0. The van der Waals surface area contributed by atoms with E-state index in [4.69, 9.17) is 4.74 Å². The van der Waals surface area contributed by atoms with Crippen molar-refractivity contribution in [1.29, 1.82) is 0 Å². The van der Waals surface area contributed by atoms with Crippen LogP contribution in [0, 0.1) is 0 Å². The topological polar surface area (TPSA) is 9.23 Å². The normalized spacial score (nSPS) is 18.4. The fourth-order valence-electron chi connectivity index (χ4n) is 2.74. The number of para-hydroxylation sites is 1. The van der Waals surface area contributed by atoms with Crippen LogP contribution in [0.3, 0.4) is 0 Å². The second-order valence-corrected chi connectivity index (χ2v) is 6.35.